The molecule has 2 amide bonds. The van der Waals surface area contributed by atoms with Crippen molar-refractivity contribution in [2.45, 2.75) is 50.8 Å². The van der Waals surface area contributed by atoms with Crippen LogP contribution in [0, 0.1) is 0 Å². The highest BCUT2D eigenvalue weighted by molar-refractivity contribution is 7.81. The number of alkyl carbamates (subject to hydrolysis) is 1. The fourth-order valence-electron chi connectivity index (χ4n) is 1.54. The van der Waals surface area contributed by atoms with E-state index in [2.05, 4.69) is 35.9 Å². The Morgan fingerprint density at radius 3 is 2.08 bits per heavy atom. The molecule has 0 aromatic carbocycles. The monoisotopic (exact) mass is 382 g/mol. The Morgan fingerprint density at radius 1 is 1.17 bits per heavy atom. The third-order valence-corrected chi connectivity index (χ3v) is 3.24. The second-order valence-electron chi connectivity index (χ2n) is 5.41. The molecule has 0 spiro atoms. The first-order valence-corrected chi connectivity index (χ1v) is 7.97. The third-order valence-electron chi connectivity index (χ3n) is 2.62. The van der Waals surface area contributed by atoms with Gasteiger partial charge >= 0.3 is 18.0 Å². The molecule has 0 aromatic heterocycles. The van der Waals surface area contributed by atoms with Gasteiger partial charge < -0.3 is 25.2 Å². The highest BCUT2D eigenvalue weighted by Gasteiger charge is 2.34. The van der Waals surface area contributed by atoms with Crippen LogP contribution in [-0.4, -0.2) is 57.9 Å². The van der Waals surface area contributed by atoms with E-state index >= 15 is 0 Å². The summed E-state index contributed by atoms with van der Waals surface area (Å²) in [4.78, 5) is 45.6. The predicted octanol–water partition coefficient (Wildman–Crippen LogP) is 0.198. The minimum atomic E-state index is -1.32. The number of thiol groups is 2. The number of carbonyl (C=O) groups excluding carboxylic acids is 3. The fraction of sp³-hybridized carbons (Fsp3) is 0.692. The lowest BCUT2D eigenvalue weighted by Crippen LogP contribution is -2.52. The Labute approximate surface area is 150 Å². The van der Waals surface area contributed by atoms with Crippen molar-refractivity contribution >= 4 is 49.2 Å². The Morgan fingerprint density at radius 2 is 1.71 bits per heavy atom. The molecule has 3 N–H and O–H groups in total. The number of hydrogen-bond donors (Lipinski definition) is 5. The van der Waals surface area contributed by atoms with Gasteiger partial charge in [-0.15, -0.1) is 0 Å². The summed E-state index contributed by atoms with van der Waals surface area (Å²) in [7, 11) is 0. The number of hydrogen-bond acceptors (Lipinski definition) is 8. The molecule has 138 valence electrons. The molecule has 3 atom stereocenters. The largest absolute Gasteiger partial charge is 0.480 e. The van der Waals surface area contributed by atoms with Crippen LogP contribution in [0.1, 0.15) is 27.7 Å². The van der Waals surface area contributed by atoms with Crippen LogP contribution in [0.3, 0.4) is 0 Å². The molecule has 0 fully saturated rings. The van der Waals surface area contributed by atoms with Crippen LogP contribution in [0.25, 0.3) is 0 Å². The van der Waals surface area contributed by atoms with Gasteiger partial charge in [0.25, 0.3) is 0 Å². The average Bonchev–Trinajstić information content (AvgIpc) is 2.39. The molecular weight excluding hydrogens is 360 g/mol. The topological polar surface area (TPSA) is 131 Å². The third kappa shape index (κ3) is 8.29. The van der Waals surface area contributed by atoms with Crippen LogP contribution in [0.2, 0.25) is 0 Å². The van der Waals surface area contributed by atoms with Crippen LogP contribution in [0.15, 0.2) is 0 Å². The molecule has 9 nitrogen and oxygen atoms in total. The standard InChI is InChI=1S/C13H22N2O7S2/c1-6(16)14-8(5-23)11(19)21-7(2)22-12(20)15-9(10(17)18)13(3,4)24/h7-9,23-24H,5H2,1-4H3,(H,14,16)(H,15,20)(H,17,18)/t7?,8-,9-/m0/s1. The summed E-state index contributed by atoms with van der Waals surface area (Å²) in [5.74, 6) is -2.59. The van der Waals surface area contributed by atoms with Crippen LogP contribution >= 0.6 is 25.3 Å². The van der Waals surface area contributed by atoms with E-state index in [0.29, 0.717) is 0 Å². The summed E-state index contributed by atoms with van der Waals surface area (Å²) in [5, 5.41) is 13.5. The molecule has 0 aliphatic heterocycles. The van der Waals surface area contributed by atoms with E-state index in [1.807, 2.05) is 0 Å². The zero-order chi connectivity index (χ0) is 19.1. The quantitative estimate of drug-likeness (QED) is 0.230. The van der Waals surface area contributed by atoms with Crippen molar-refractivity contribution in [2.24, 2.45) is 0 Å². The number of rotatable bonds is 8. The molecular formula is C13H22N2O7S2. The van der Waals surface area contributed by atoms with Gasteiger partial charge in [-0.2, -0.15) is 25.3 Å². The highest BCUT2D eigenvalue weighted by atomic mass is 32.1. The lowest BCUT2D eigenvalue weighted by Gasteiger charge is -2.27. The van der Waals surface area contributed by atoms with Crippen molar-refractivity contribution in [3.8, 4) is 0 Å². The van der Waals surface area contributed by atoms with Gasteiger partial charge in [0.1, 0.15) is 12.1 Å². The number of carboxylic acids is 1. The lowest BCUT2D eigenvalue weighted by atomic mass is 10.0. The molecule has 11 heteroatoms. The Kier molecular flexibility index (Phi) is 8.97. The summed E-state index contributed by atoms with van der Waals surface area (Å²) >= 11 is 8.01. The Hall–Kier alpha value is -1.62. The number of carbonyl (C=O) groups is 4. The van der Waals surface area contributed by atoms with Crippen LogP contribution in [-0.2, 0) is 23.9 Å². The van der Waals surface area contributed by atoms with E-state index in [-0.39, 0.29) is 5.75 Å². The zero-order valence-electron chi connectivity index (χ0n) is 13.7. The summed E-state index contributed by atoms with van der Waals surface area (Å²) in [6.07, 6.45) is -2.39. The molecule has 0 bridgehead atoms. The highest BCUT2D eigenvalue weighted by Crippen LogP contribution is 2.18. The molecule has 0 saturated carbocycles. The van der Waals surface area contributed by atoms with Crippen LogP contribution in [0.4, 0.5) is 4.79 Å². The first-order valence-electron chi connectivity index (χ1n) is 6.89. The van der Waals surface area contributed by atoms with E-state index < -0.39 is 47.1 Å². The van der Waals surface area contributed by atoms with Gasteiger partial charge in [-0.1, -0.05) is 0 Å². The van der Waals surface area contributed by atoms with Crippen molar-refractivity contribution in [3.63, 3.8) is 0 Å². The van der Waals surface area contributed by atoms with Gasteiger partial charge in [0.15, 0.2) is 0 Å². The van der Waals surface area contributed by atoms with Crippen LogP contribution < -0.4 is 10.6 Å². The van der Waals surface area contributed by atoms with Gasteiger partial charge in [0.2, 0.25) is 12.2 Å². The number of aliphatic carboxylic acids is 1. The molecule has 1 unspecified atom stereocenters. The lowest BCUT2D eigenvalue weighted by molar-refractivity contribution is -0.167. The Bertz CT molecular complexity index is 493. The maximum Gasteiger partial charge on any atom is 0.410 e. The zero-order valence-corrected chi connectivity index (χ0v) is 15.5. The summed E-state index contributed by atoms with van der Waals surface area (Å²) in [6, 6.07) is -2.32. The van der Waals surface area contributed by atoms with Crippen molar-refractivity contribution in [1.82, 2.24) is 10.6 Å². The number of esters is 1. The average molecular weight is 382 g/mol. The molecule has 0 aromatic rings. The minimum absolute atomic E-state index is 0.00768. The molecule has 0 heterocycles. The second-order valence-corrected chi connectivity index (χ2v) is 6.93. The normalized spacial score (nSPS) is 14.8. The maximum absolute atomic E-state index is 11.8. The van der Waals surface area contributed by atoms with Crippen molar-refractivity contribution in [3.05, 3.63) is 0 Å². The van der Waals surface area contributed by atoms with Crippen molar-refractivity contribution in [1.29, 1.82) is 0 Å². The number of nitrogens with one attached hydrogen (secondary N) is 2. The summed E-state index contributed by atoms with van der Waals surface area (Å²) < 4.78 is 8.57. The van der Waals surface area contributed by atoms with E-state index in [9.17, 15) is 19.2 Å². The maximum atomic E-state index is 11.8. The second kappa shape index (κ2) is 9.62. The molecule has 24 heavy (non-hydrogen) atoms. The SMILES string of the molecule is CC(=O)N[C@@H](CS)C(=O)OC(C)OC(=O)N[C@@H](C(=O)O)C(C)(C)S. The van der Waals surface area contributed by atoms with E-state index in [1.54, 1.807) is 0 Å². The molecule has 0 aliphatic carbocycles. The predicted molar refractivity (Wildman–Crippen MR) is 91.1 cm³/mol. The van der Waals surface area contributed by atoms with Gasteiger partial charge in [-0.3, -0.25) is 4.79 Å². The molecule has 0 saturated heterocycles. The summed E-state index contributed by atoms with van der Waals surface area (Å²) in [6.45, 7) is 5.50. The molecule has 0 aliphatic rings. The van der Waals surface area contributed by atoms with Crippen LogP contribution in [0.5, 0.6) is 0 Å². The van der Waals surface area contributed by atoms with E-state index in [0.717, 1.165) is 0 Å². The molecule has 0 rings (SSSR count). The first kappa shape index (κ1) is 22.4. The van der Waals surface area contributed by atoms with Crippen molar-refractivity contribution in [2.75, 3.05) is 5.75 Å². The summed E-state index contributed by atoms with van der Waals surface area (Å²) in [5.41, 5.74) is 0. The van der Waals surface area contributed by atoms with Gasteiger partial charge in [0.05, 0.1) is 0 Å². The van der Waals surface area contributed by atoms with E-state index in [4.69, 9.17) is 14.6 Å². The smallest absolute Gasteiger partial charge is 0.410 e. The number of ether oxygens (including phenoxy) is 2. The number of amides is 2. The van der Waals surface area contributed by atoms with Gasteiger partial charge in [-0.05, 0) is 13.8 Å². The first-order chi connectivity index (χ1) is 10.9. The van der Waals surface area contributed by atoms with Crippen molar-refractivity contribution < 1.29 is 33.8 Å². The fourth-order valence-corrected chi connectivity index (χ4v) is 1.95. The molecule has 0 radical (unpaired) electrons. The number of carboxylic acid groups (broad SMARTS) is 1. The van der Waals surface area contributed by atoms with Gasteiger partial charge in [-0.25, -0.2) is 14.4 Å². The van der Waals surface area contributed by atoms with E-state index in [1.165, 1.54) is 27.7 Å². The Balaban J connectivity index is 4.62. The van der Waals surface area contributed by atoms with Gasteiger partial charge in [0, 0.05) is 24.3 Å². The minimum Gasteiger partial charge on any atom is -0.480 e.